The smallest absolute Gasteiger partial charge is 0.344 e. The molecule has 1 fully saturated rings. The minimum Gasteiger partial charge on any atom is -0.462 e. The summed E-state index contributed by atoms with van der Waals surface area (Å²) in [6.45, 7) is 4.42. The van der Waals surface area contributed by atoms with Gasteiger partial charge in [-0.1, -0.05) is 28.1 Å². The number of aromatic nitrogens is 3. The molecule has 1 aliphatic rings. The molecule has 0 spiro atoms. The number of fused-ring (bicyclic) bond motifs is 1. The molecular weight excluding hydrogens is 742 g/mol. The number of ether oxygens (including phenoxy) is 1. The summed E-state index contributed by atoms with van der Waals surface area (Å²) in [6, 6.07) is 17.6. The first-order chi connectivity index (χ1) is 21.3. The van der Waals surface area contributed by atoms with Gasteiger partial charge in [0.2, 0.25) is 0 Å². The number of halogens is 3. The highest BCUT2D eigenvalue weighted by Gasteiger charge is 2.30. The van der Waals surface area contributed by atoms with Crippen LogP contribution in [0, 0.1) is 9.39 Å². The van der Waals surface area contributed by atoms with Crippen LogP contribution in [0.3, 0.4) is 0 Å². The normalized spacial score (nSPS) is 13.3. The number of benzene rings is 3. The van der Waals surface area contributed by atoms with Crippen molar-refractivity contribution >= 4 is 78.4 Å². The third-order valence-corrected chi connectivity index (χ3v) is 8.82. The number of para-hydroxylation sites is 2. The zero-order chi connectivity index (χ0) is 30.8. The minimum absolute atomic E-state index is 0.225. The molecule has 44 heavy (non-hydrogen) atoms. The number of amides is 1. The van der Waals surface area contributed by atoms with Gasteiger partial charge >= 0.3 is 5.97 Å². The van der Waals surface area contributed by atoms with Gasteiger partial charge in [0.25, 0.3) is 5.91 Å². The number of carbonyl (C=O) groups is 2. The van der Waals surface area contributed by atoms with E-state index in [2.05, 4.69) is 36.0 Å². The molecule has 6 rings (SSSR count). The molecule has 12 heteroatoms. The van der Waals surface area contributed by atoms with Crippen LogP contribution in [-0.4, -0.2) is 59.2 Å². The highest BCUT2D eigenvalue weighted by atomic mass is 127. The number of rotatable bonds is 7. The van der Waals surface area contributed by atoms with E-state index < -0.39 is 11.8 Å². The van der Waals surface area contributed by atoms with Crippen molar-refractivity contribution in [1.82, 2.24) is 14.5 Å². The number of anilines is 3. The average Bonchev–Trinajstić information content (AvgIpc) is 3.57. The van der Waals surface area contributed by atoms with E-state index in [1.54, 1.807) is 36.3 Å². The summed E-state index contributed by atoms with van der Waals surface area (Å²) in [5.41, 5.74) is 3.64. The topological polar surface area (TPSA) is 92.6 Å². The fourth-order valence-electron chi connectivity index (χ4n) is 5.38. The fraction of sp³-hybridized carbons (Fsp3) is 0.188. The van der Waals surface area contributed by atoms with E-state index in [9.17, 15) is 14.0 Å². The van der Waals surface area contributed by atoms with Crippen molar-refractivity contribution in [3.05, 3.63) is 104 Å². The molecule has 224 valence electrons. The maximum absolute atomic E-state index is 13.9. The van der Waals surface area contributed by atoms with Gasteiger partial charge in [-0.05, 0) is 78.0 Å². The first-order valence-electron chi connectivity index (χ1n) is 14.0. The van der Waals surface area contributed by atoms with Crippen molar-refractivity contribution in [3.8, 4) is 5.82 Å². The van der Waals surface area contributed by atoms with Gasteiger partial charge in [-0.15, -0.1) is 0 Å². The van der Waals surface area contributed by atoms with Crippen molar-refractivity contribution in [2.24, 2.45) is 0 Å². The van der Waals surface area contributed by atoms with Gasteiger partial charge < -0.3 is 19.9 Å². The Labute approximate surface area is 275 Å². The fourth-order valence-corrected chi connectivity index (χ4v) is 6.33. The molecule has 3 aromatic carbocycles. The number of carbonyl (C=O) groups excluding carboxylic acids is 2. The summed E-state index contributed by atoms with van der Waals surface area (Å²) in [5, 5.41) is 3.81. The Kier molecular flexibility index (Phi) is 8.80. The van der Waals surface area contributed by atoms with Crippen LogP contribution in [0.1, 0.15) is 27.6 Å². The highest BCUT2D eigenvalue weighted by molar-refractivity contribution is 14.1. The predicted molar refractivity (Wildman–Crippen MR) is 180 cm³/mol. The molecular formula is C32H27BrFIN6O3. The van der Waals surface area contributed by atoms with E-state index in [0.717, 1.165) is 26.8 Å². The van der Waals surface area contributed by atoms with Crippen molar-refractivity contribution in [2.75, 3.05) is 47.9 Å². The summed E-state index contributed by atoms with van der Waals surface area (Å²) in [5.74, 6) is -0.842. The van der Waals surface area contributed by atoms with E-state index in [-0.39, 0.29) is 18.1 Å². The lowest BCUT2D eigenvalue weighted by Crippen LogP contribution is -2.47. The Balaban J connectivity index is 1.33. The maximum atomic E-state index is 13.9. The van der Waals surface area contributed by atoms with E-state index >= 15 is 0 Å². The van der Waals surface area contributed by atoms with Crippen LogP contribution in [0.5, 0.6) is 0 Å². The number of hydrogen-bond donors (Lipinski definition) is 1. The zero-order valence-electron chi connectivity index (χ0n) is 23.6. The summed E-state index contributed by atoms with van der Waals surface area (Å²) < 4.78 is 22.7. The van der Waals surface area contributed by atoms with Crippen LogP contribution in [0.15, 0.2) is 83.9 Å². The SMILES string of the molecule is CCOC(=O)c1c(-n2ccnc2)nc2ccc(Br)cc2c1N1CCN(c2ccccc2NC(=O)c2cc(F)ccc2I)CC1. The van der Waals surface area contributed by atoms with Gasteiger partial charge in [0.15, 0.2) is 5.82 Å². The molecule has 0 bridgehead atoms. The number of pyridine rings is 1. The van der Waals surface area contributed by atoms with E-state index in [0.29, 0.717) is 46.8 Å². The van der Waals surface area contributed by atoms with Gasteiger partial charge in [0.05, 0.1) is 34.7 Å². The van der Waals surface area contributed by atoms with Crippen LogP contribution < -0.4 is 15.1 Å². The van der Waals surface area contributed by atoms with E-state index in [4.69, 9.17) is 9.72 Å². The second-order valence-corrected chi connectivity index (χ2v) is 12.2. The number of nitrogens with zero attached hydrogens (tertiary/aromatic N) is 5. The monoisotopic (exact) mass is 768 g/mol. The first-order valence-corrected chi connectivity index (χ1v) is 15.8. The largest absolute Gasteiger partial charge is 0.462 e. The second kappa shape index (κ2) is 12.9. The van der Waals surface area contributed by atoms with Crippen molar-refractivity contribution in [3.63, 3.8) is 0 Å². The molecule has 1 saturated heterocycles. The number of piperazine rings is 1. The standard InChI is InChI=1S/C32H27BrFIN6O3/c1-2-44-32(43)28-29(23-17-20(33)7-10-25(23)37-30(28)41-12-11-36-19-41)40-15-13-39(14-16-40)27-6-4-3-5-26(27)38-31(42)22-18-21(34)8-9-24(22)35/h3-12,17-19H,2,13-16H2,1H3,(H,38,42). The molecule has 2 aromatic heterocycles. The molecule has 1 amide bonds. The lowest BCUT2D eigenvalue weighted by molar-refractivity contribution is 0.0526. The lowest BCUT2D eigenvalue weighted by Gasteiger charge is -2.39. The molecule has 0 unspecified atom stereocenters. The summed E-state index contributed by atoms with van der Waals surface area (Å²) >= 11 is 5.62. The van der Waals surface area contributed by atoms with Crippen LogP contribution in [-0.2, 0) is 4.74 Å². The second-order valence-electron chi connectivity index (χ2n) is 10.1. The molecule has 3 heterocycles. The molecule has 0 radical (unpaired) electrons. The van der Waals surface area contributed by atoms with E-state index in [1.165, 1.54) is 12.1 Å². The Morgan fingerprint density at radius 2 is 1.82 bits per heavy atom. The summed E-state index contributed by atoms with van der Waals surface area (Å²) in [6.07, 6.45) is 5.02. The molecule has 9 nitrogen and oxygen atoms in total. The quantitative estimate of drug-likeness (QED) is 0.146. The van der Waals surface area contributed by atoms with Crippen LogP contribution in [0.4, 0.5) is 21.5 Å². The van der Waals surface area contributed by atoms with Crippen molar-refractivity contribution in [1.29, 1.82) is 0 Å². The first kappa shape index (κ1) is 30.0. The van der Waals surface area contributed by atoms with Gasteiger partial charge in [-0.3, -0.25) is 9.36 Å². The van der Waals surface area contributed by atoms with Gasteiger partial charge in [-0.25, -0.2) is 19.2 Å². The highest BCUT2D eigenvalue weighted by Crippen LogP contribution is 2.37. The van der Waals surface area contributed by atoms with Gasteiger partial charge in [0.1, 0.15) is 17.7 Å². The summed E-state index contributed by atoms with van der Waals surface area (Å²) in [7, 11) is 0. The zero-order valence-corrected chi connectivity index (χ0v) is 27.4. The van der Waals surface area contributed by atoms with Gasteiger partial charge in [0, 0.05) is 52.0 Å². The lowest BCUT2D eigenvalue weighted by atomic mass is 10.1. The molecule has 0 saturated carbocycles. The van der Waals surface area contributed by atoms with Crippen LogP contribution >= 0.6 is 38.5 Å². The number of hydrogen-bond acceptors (Lipinski definition) is 7. The third-order valence-electron chi connectivity index (χ3n) is 7.39. The number of esters is 1. The molecule has 1 N–H and O–H groups in total. The Morgan fingerprint density at radius 1 is 1.05 bits per heavy atom. The Hall–Kier alpha value is -4.04. The summed E-state index contributed by atoms with van der Waals surface area (Å²) in [4.78, 5) is 40.1. The third kappa shape index (κ3) is 6.00. The minimum atomic E-state index is -0.464. The Bertz CT molecular complexity index is 1860. The van der Waals surface area contributed by atoms with Gasteiger partial charge in [-0.2, -0.15) is 0 Å². The van der Waals surface area contributed by atoms with Crippen LogP contribution in [0.2, 0.25) is 0 Å². The maximum Gasteiger partial charge on any atom is 0.344 e. The van der Waals surface area contributed by atoms with Crippen LogP contribution in [0.25, 0.3) is 16.7 Å². The van der Waals surface area contributed by atoms with Crippen molar-refractivity contribution < 1.29 is 18.7 Å². The number of imidazole rings is 1. The molecule has 0 atom stereocenters. The van der Waals surface area contributed by atoms with Crippen molar-refractivity contribution in [2.45, 2.75) is 6.92 Å². The van der Waals surface area contributed by atoms with E-state index in [1.807, 2.05) is 65.1 Å². The Morgan fingerprint density at radius 3 is 2.57 bits per heavy atom. The average molecular weight is 769 g/mol. The predicted octanol–water partition coefficient (Wildman–Crippen LogP) is 6.68. The number of nitrogens with one attached hydrogen (secondary N) is 1. The molecule has 5 aromatic rings. The molecule has 0 aliphatic carbocycles. The molecule has 1 aliphatic heterocycles.